The minimum absolute atomic E-state index is 0.0172. The average molecular weight is 357 g/mol. The molecule has 0 aliphatic carbocycles. The molecule has 5 heteroatoms. The number of aryl methyl sites for hydroxylation is 2. The third-order valence-corrected chi connectivity index (χ3v) is 4.89. The minimum atomic E-state index is -0.336. The third kappa shape index (κ3) is 4.20. The van der Waals surface area contributed by atoms with Gasteiger partial charge in [-0.3, -0.25) is 9.59 Å². The van der Waals surface area contributed by atoms with Gasteiger partial charge in [0.2, 0.25) is 11.8 Å². The maximum absolute atomic E-state index is 12.5. The fraction of sp³-hybridized carbons (Fsp3) is 0.300. The smallest absolute Gasteiger partial charge is 0.229 e. The third-order valence-electron chi connectivity index (χ3n) is 4.48. The molecule has 4 nitrogen and oxygen atoms in total. The van der Waals surface area contributed by atoms with Gasteiger partial charge >= 0.3 is 0 Å². The van der Waals surface area contributed by atoms with Crippen LogP contribution in [-0.4, -0.2) is 23.3 Å². The highest BCUT2D eigenvalue weighted by Gasteiger charge is 2.34. The van der Waals surface area contributed by atoms with Crippen LogP contribution in [-0.2, 0) is 16.1 Å². The van der Waals surface area contributed by atoms with Crippen molar-refractivity contribution in [3.63, 3.8) is 0 Å². The van der Waals surface area contributed by atoms with E-state index in [0.29, 0.717) is 23.8 Å². The molecule has 0 spiro atoms. The number of hydrogen-bond acceptors (Lipinski definition) is 2. The molecule has 2 aromatic rings. The number of likely N-dealkylation sites (tertiary alicyclic amines) is 1. The van der Waals surface area contributed by atoms with E-state index in [1.165, 1.54) is 0 Å². The van der Waals surface area contributed by atoms with E-state index < -0.39 is 0 Å². The fourth-order valence-corrected chi connectivity index (χ4v) is 3.23. The topological polar surface area (TPSA) is 49.4 Å². The summed E-state index contributed by atoms with van der Waals surface area (Å²) in [6.45, 7) is 4.92. The van der Waals surface area contributed by atoms with Gasteiger partial charge in [0.25, 0.3) is 0 Å². The van der Waals surface area contributed by atoms with E-state index in [4.69, 9.17) is 11.6 Å². The lowest BCUT2D eigenvalue weighted by Crippen LogP contribution is -2.28. The number of carbonyl (C=O) groups excluding carboxylic acids is 2. The van der Waals surface area contributed by atoms with Gasteiger partial charge < -0.3 is 10.2 Å². The number of nitrogens with one attached hydrogen (secondary N) is 1. The first-order valence-corrected chi connectivity index (χ1v) is 8.70. The first kappa shape index (κ1) is 17.5. The van der Waals surface area contributed by atoms with Crippen LogP contribution in [0.2, 0.25) is 5.02 Å². The Labute approximate surface area is 152 Å². The summed E-state index contributed by atoms with van der Waals surface area (Å²) in [4.78, 5) is 26.5. The number of halogens is 1. The molecule has 0 aromatic heterocycles. The number of hydrogen-bond donors (Lipinski definition) is 1. The normalized spacial score (nSPS) is 17.0. The van der Waals surface area contributed by atoms with Crippen LogP contribution in [0, 0.1) is 19.8 Å². The summed E-state index contributed by atoms with van der Waals surface area (Å²) in [5, 5.41) is 3.48. The first-order chi connectivity index (χ1) is 11.9. The van der Waals surface area contributed by atoms with Crippen molar-refractivity contribution in [1.82, 2.24) is 4.90 Å². The van der Waals surface area contributed by atoms with Gasteiger partial charge in [-0.2, -0.15) is 0 Å². The molecule has 3 rings (SSSR count). The zero-order chi connectivity index (χ0) is 18.0. The van der Waals surface area contributed by atoms with Crippen LogP contribution >= 0.6 is 11.6 Å². The van der Waals surface area contributed by atoms with Gasteiger partial charge in [0.15, 0.2) is 0 Å². The Balaban J connectivity index is 1.63. The Morgan fingerprint density at radius 1 is 1.24 bits per heavy atom. The number of amides is 2. The lowest BCUT2D eigenvalue weighted by atomic mass is 10.1. The minimum Gasteiger partial charge on any atom is -0.338 e. The van der Waals surface area contributed by atoms with Crippen LogP contribution in [0.3, 0.4) is 0 Å². The zero-order valence-corrected chi connectivity index (χ0v) is 15.1. The summed E-state index contributed by atoms with van der Waals surface area (Å²) in [6.07, 6.45) is 0.247. The summed E-state index contributed by atoms with van der Waals surface area (Å²) in [6, 6.07) is 13.5. The largest absolute Gasteiger partial charge is 0.338 e. The highest BCUT2D eigenvalue weighted by molar-refractivity contribution is 6.31. The van der Waals surface area contributed by atoms with Gasteiger partial charge in [-0.1, -0.05) is 47.5 Å². The van der Waals surface area contributed by atoms with Crippen molar-refractivity contribution in [1.29, 1.82) is 0 Å². The van der Waals surface area contributed by atoms with Crippen molar-refractivity contribution >= 4 is 29.1 Å². The van der Waals surface area contributed by atoms with Gasteiger partial charge in [0.1, 0.15) is 0 Å². The van der Waals surface area contributed by atoms with E-state index >= 15 is 0 Å². The second-order valence-corrected chi connectivity index (χ2v) is 7.02. The molecule has 1 N–H and O–H groups in total. The number of nitrogens with zero attached hydrogens (tertiary/aromatic N) is 1. The summed E-state index contributed by atoms with van der Waals surface area (Å²) in [5.74, 6) is -0.457. The van der Waals surface area contributed by atoms with Crippen molar-refractivity contribution in [3.8, 4) is 0 Å². The van der Waals surface area contributed by atoms with Gasteiger partial charge in [0.05, 0.1) is 5.92 Å². The molecule has 0 bridgehead atoms. The van der Waals surface area contributed by atoms with E-state index in [1.807, 2.05) is 44.2 Å². The Morgan fingerprint density at radius 2 is 2.04 bits per heavy atom. The second-order valence-electron chi connectivity index (χ2n) is 6.62. The maximum atomic E-state index is 12.5. The molecule has 130 valence electrons. The lowest BCUT2D eigenvalue weighted by molar-refractivity contribution is -0.128. The van der Waals surface area contributed by atoms with Gasteiger partial charge in [-0.25, -0.2) is 0 Å². The highest BCUT2D eigenvalue weighted by Crippen LogP contribution is 2.24. The van der Waals surface area contributed by atoms with E-state index in [0.717, 1.165) is 16.7 Å². The molecule has 1 fully saturated rings. The van der Waals surface area contributed by atoms with E-state index in [-0.39, 0.29) is 24.2 Å². The Morgan fingerprint density at radius 3 is 2.76 bits per heavy atom. The van der Waals surface area contributed by atoms with Crippen LogP contribution in [0.1, 0.15) is 23.1 Å². The van der Waals surface area contributed by atoms with Crippen molar-refractivity contribution in [2.75, 3.05) is 11.9 Å². The number of carbonyl (C=O) groups is 2. The molecule has 1 heterocycles. The van der Waals surface area contributed by atoms with E-state index in [9.17, 15) is 9.59 Å². The average Bonchev–Trinajstić information content (AvgIpc) is 2.92. The lowest BCUT2D eigenvalue weighted by Gasteiger charge is -2.17. The quantitative estimate of drug-likeness (QED) is 0.901. The first-order valence-electron chi connectivity index (χ1n) is 8.32. The predicted molar refractivity (Wildman–Crippen MR) is 99.5 cm³/mol. The van der Waals surface area contributed by atoms with E-state index in [2.05, 4.69) is 11.4 Å². The Bertz CT molecular complexity index is 819. The molecule has 2 amide bonds. The van der Waals surface area contributed by atoms with E-state index in [1.54, 1.807) is 11.0 Å². The molecule has 25 heavy (non-hydrogen) atoms. The molecule has 0 radical (unpaired) electrons. The van der Waals surface area contributed by atoms with Gasteiger partial charge in [-0.15, -0.1) is 0 Å². The van der Waals surface area contributed by atoms with Crippen molar-refractivity contribution in [3.05, 3.63) is 64.2 Å². The van der Waals surface area contributed by atoms with Crippen LogP contribution in [0.15, 0.2) is 42.5 Å². The van der Waals surface area contributed by atoms with Crippen molar-refractivity contribution in [2.45, 2.75) is 26.8 Å². The second kappa shape index (κ2) is 7.28. The van der Waals surface area contributed by atoms with Crippen LogP contribution in [0.25, 0.3) is 0 Å². The Kier molecular flexibility index (Phi) is 5.09. The summed E-state index contributed by atoms with van der Waals surface area (Å²) < 4.78 is 0. The molecule has 1 atom stereocenters. The highest BCUT2D eigenvalue weighted by atomic mass is 35.5. The number of benzene rings is 2. The van der Waals surface area contributed by atoms with Crippen LogP contribution in [0.5, 0.6) is 0 Å². The molecule has 1 unspecified atom stereocenters. The predicted octanol–water partition coefficient (Wildman–Crippen LogP) is 3.94. The molecule has 1 saturated heterocycles. The molecule has 1 aliphatic heterocycles. The van der Waals surface area contributed by atoms with Crippen LogP contribution in [0.4, 0.5) is 5.69 Å². The Hall–Kier alpha value is -2.33. The van der Waals surface area contributed by atoms with Gasteiger partial charge in [-0.05, 0) is 37.1 Å². The molecular weight excluding hydrogens is 336 g/mol. The van der Waals surface area contributed by atoms with Crippen LogP contribution < -0.4 is 5.32 Å². The zero-order valence-electron chi connectivity index (χ0n) is 14.4. The number of rotatable bonds is 4. The summed E-state index contributed by atoms with van der Waals surface area (Å²) >= 11 is 6.09. The standard InChI is InChI=1S/C20H21ClN2O2/c1-13-4-3-5-15(8-13)11-23-12-16(9-19(23)24)20(25)22-17-7-6-14(2)18(21)10-17/h3-8,10,16H,9,11-12H2,1-2H3,(H,22,25). The molecule has 1 aliphatic rings. The van der Waals surface area contributed by atoms with Gasteiger partial charge in [0, 0.05) is 30.2 Å². The maximum Gasteiger partial charge on any atom is 0.229 e. The molecule has 0 saturated carbocycles. The molecule has 2 aromatic carbocycles. The SMILES string of the molecule is Cc1cccc(CN2CC(C(=O)Nc3ccc(C)c(Cl)c3)CC2=O)c1. The molecular formula is C20H21ClN2O2. The van der Waals surface area contributed by atoms with Crippen molar-refractivity contribution in [2.24, 2.45) is 5.92 Å². The summed E-state index contributed by atoms with van der Waals surface area (Å²) in [5.41, 5.74) is 3.86. The number of anilines is 1. The summed E-state index contributed by atoms with van der Waals surface area (Å²) in [7, 11) is 0. The monoisotopic (exact) mass is 356 g/mol. The van der Waals surface area contributed by atoms with Crippen molar-refractivity contribution < 1.29 is 9.59 Å². The fourth-order valence-electron chi connectivity index (χ4n) is 3.05.